The lowest BCUT2D eigenvalue weighted by atomic mass is 10.1. The van der Waals surface area contributed by atoms with Crippen LogP contribution >= 0.6 is 0 Å². The van der Waals surface area contributed by atoms with Crippen molar-refractivity contribution in [2.45, 2.75) is 45.1 Å². The van der Waals surface area contributed by atoms with Crippen molar-refractivity contribution in [1.29, 1.82) is 0 Å². The molecule has 1 aliphatic rings. The van der Waals surface area contributed by atoms with Crippen molar-refractivity contribution in [3.05, 3.63) is 84.2 Å². The highest BCUT2D eigenvalue weighted by Crippen LogP contribution is 2.37. The molecule has 1 fully saturated rings. The van der Waals surface area contributed by atoms with Gasteiger partial charge in [0.2, 0.25) is 5.91 Å². The molecule has 36 heavy (non-hydrogen) atoms. The van der Waals surface area contributed by atoms with Gasteiger partial charge in [0, 0.05) is 25.4 Å². The minimum Gasteiger partial charge on any atom is -0.495 e. The third kappa shape index (κ3) is 4.94. The second kappa shape index (κ2) is 10.9. The van der Waals surface area contributed by atoms with Crippen LogP contribution in [0.25, 0.3) is 11.0 Å². The van der Waals surface area contributed by atoms with Gasteiger partial charge < -0.3 is 18.9 Å². The third-order valence-corrected chi connectivity index (χ3v) is 6.93. The highest BCUT2D eigenvalue weighted by atomic mass is 16.5. The second-order valence-electron chi connectivity index (χ2n) is 9.24. The van der Waals surface area contributed by atoms with Crippen molar-refractivity contribution >= 4 is 22.6 Å². The van der Waals surface area contributed by atoms with Crippen LogP contribution in [0.3, 0.4) is 0 Å². The van der Waals surface area contributed by atoms with Crippen LogP contribution in [0.2, 0.25) is 0 Å². The first-order chi connectivity index (χ1) is 17.7. The topological polar surface area (TPSA) is 56.6 Å². The summed E-state index contributed by atoms with van der Waals surface area (Å²) in [7, 11) is 1.64. The number of anilines is 1. The summed E-state index contributed by atoms with van der Waals surface area (Å²) in [6.45, 7) is 4.27. The number of imidazole rings is 1. The summed E-state index contributed by atoms with van der Waals surface area (Å²) in [6, 6.07) is 24.3. The lowest BCUT2D eigenvalue weighted by Gasteiger charge is -2.19. The summed E-state index contributed by atoms with van der Waals surface area (Å²) in [6.07, 6.45) is 3.39. The summed E-state index contributed by atoms with van der Waals surface area (Å²) in [5.74, 6) is 2.75. The van der Waals surface area contributed by atoms with Gasteiger partial charge in [-0.15, -0.1) is 0 Å². The Morgan fingerprint density at radius 2 is 1.75 bits per heavy atom. The molecule has 186 valence electrons. The van der Waals surface area contributed by atoms with Gasteiger partial charge in [-0.2, -0.15) is 0 Å². The van der Waals surface area contributed by atoms with E-state index in [-0.39, 0.29) is 11.8 Å². The van der Waals surface area contributed by atoms with Crippen LogP contribution < -0.4 is 14.4 Å². The Hall–Kier alpha value is -3.80. The Labute approximate surface area is 212 Å². The van der Waals surface area contributed by atoms with E-state index >= 15 is 0 Å². The van der Waals surface area contributed by atoms with Gasteiger partial charge in [0.15, 0.2) is 0 Å². The molecule has 0 N–H and O–H groups in total. The molecule has 1 aromatic heterocycles. The molecule has 1 atom stereocenters. The van der Waals surface area contributed by atoms with Crippen molar-refractivity contribution in [3.63, 3.8) is 0 Å². The number of aryl methyl sites for hydroxylation is 2. The molecule has 2 heterocycles. The maximum atomic E-state index is 13.0. The number of amides is 1. The number of carbonyl (C=O) groups excluding carboxylic acids is 1. The number of hydrogen-bond acceptors (Lipinski definition) is 4. The molecule has 3 aromatic carbocycles. The first kappa shape index (κ1) is 23.9. The zero-order valence-corrected chi connectivity index (χ0v) is 21.0. The molecule has 4 aromatic rings. The minimum atomic E-state index is 0.0307. The summed E-state index contributed by atoms with van der Waals surface area (Å²) in [4.78, 5) is 19.9. The first-order valence-electron chi connectivity index (χ1n) is 12.8. The van der Waals surface area contributed by atoms with Crippen LogP contribution in [0.1, 0.15) is 43.5 Å². The van der Waals surface area contributed by atoms with Crippen LogP contribution in [0.5, 0.6) is 11.5 Å². The quantitative estimate of drug-likeness (QED) is 0.260. The smallest absolute Gasteiger partial charge is 0.227 e. The number of benzene rings is 3. The van der Waals surface area contributed by atoms with E-state index in [0.29, 0.717) is 25.3 Å². The van der Waals surface area contributed by atoms with E-state index in [1.807, 2.05) is 59.5 Å². The fraction of sp³-hybridized carbons (Fsp3) is 0.333. The van der Waals surface area contributed by atoms with E-state index in [1.165, 1.54) is 5.56 Å². The highest BCUT2D eigenvalue weighted by Gasteiger charge is 2.35. The maximum Gasteiger partial charge on any atom is 0.227 e. The molecule has 6 heteroatoms. The van der Waals surface area contributed by atoms with Crippen molar-refractivity contribution in [2.75, 3.05) is 25.2 Å². The molecular formula is C30H33N3O3. The van der Waals surface area contributed by atoms with Crippen molar-refractivity contribution in [2.24, 2.45) is 0 Å². The van der Waals surface area contributed by atoms with Crippen LogP contribution in [0, 0.1) is 0 Å². The summed E-state index contributed by atoms with van der Waals surface area (Å²) in [5.41, 5.74) is 4.23. The molecule has 0 spiro atoms. The number of rotatable bonds is 10. The van der Waals surface area contributed by atoms with Gasteiger partial charge in [0.1, 0.15) is 17.3 Å². The number of fused-ring (bicyclic) bond motifs is 1. The average molecular weight is 484 g/mol. The summed E-state index contributed by atoms with van der Waals surface area (Å²) >= 11 is 0. The van der Waals surface area contributed by atoms with Crippen molar-refractivity contribution in [1.82, 2.24) is 9.55 Å². The zero-order chi connectivity index (χ0) is 24.9. The van der Waals surface area contributed by atoms with Crippen molar-refractivity contribution < 1.29 is 14.3 Å². The number of unbranched alkanes of at least 4 members (excludes halogenated alkanes) is 1. The van der Waals surface area contributed by atoms with Gasteiger partial charge in [-0.3, -0.25) is 4.79 Å². The van der Waals surface area contributed by atoms with Gasteiger partial charge in [0.05, 0.1) is 30.4 Å². The fourth-order valence-electron chi connectivity index (χ4n) is 4.99. The Balaban J connectivity index is 1.28. The highest BCUT2D eigenvalue weighted by molar-refractivity contribution is 5.97. The largest absolute Gasteiger partial charge is 0.495 e. The Bertz CT molecular complexity index is 1330. The average Bonchev–Trinajstić information content (AvgIpc) is 3.49. The number of methoxy groups -OCH3 is 1. The predicted molar refractivity (Wildman–Crippen MR) is 143 cm³/mol. The van der Waals surface area contributed by atoms with Gasteiger partial charge in [0.25, 0.3) is 0 Å². The molecular weight excluding hydrogens is 450 g/mol. The maximum absolute atomic E-state index is 13.0. The van der Waals surface area contributed by atoms with Crippen LogP contribution in [0.4, 0.5) is 5.69 Å². The fourth-order valence-corrected chi connectivity index (χ4v) is 4.99. The van der Waals surface area contributed by atoms with Crippen LogP contribution in [-0.2, 0) is 17.8 Å². The normalized spacial score (nSPS) is 15.6. The molecule has 1 aliphatic heterocycles. The van der Waals surface area contributed by atoms with E-state index in [2.05, 4.69) is 29.7 Å². The molecule has 6 nitrogen and oxygen atoms in total. The van der Waals surface area contributed by atoms with Gasteiger partial charge in [-0.05, 0) is 61.2 Å². The molecule has 1 amide bonds. The Morgan fingerprint density at radius 3 is 2.56 bits per heavy atom. The minimum absolute atomic E-state index is 0.0307. The monoisotopic (exact) mass is 483 g/mol. The number of para-hydroxylation sites is 4. The van der Waals surface area contributed by atoms with E-state index in [9.17, 15) is 4.79 Å². The standard InChI is InChI=1S/C30H33N3O3/c1-3-22-14-16-24(17-15-22)36-19-9-8-18-32-26-11-5-4-10-25(26)31-30(32)23-20-29(34)33(21-23)27-12-6-7-13-28(27)35-2/h4-7,10-17,23H,3,8-9,18-21H2,1-2H3. The van der Waals surface area contributed by atoms with E-state index < -0.39 is 0 Å². The number of nitrogens with zero attached hydrogens (tertiary/aromatic N) is 3. The van der Waals surface area contributed by atoms with Crippen molar-refractivity contribution in [3.8, 4) is 11.5 Å². The molecule has 0 radical (unpaired) electrons. The lowest BCUT2D eigenvalue weighted by molar-refractivity contribution is -0.117. The second-order valence-corrected chi connectivity index (χ2v) is 9.24. The third-order valence-electron chi connectivity index (χ3n) is 6.93. The Morgan fingerprint density at radius 1 is 0.972 bits per heavy atom. The van der Waals surface area contributed by atoms with Gasteiger partial charge >= 0.3 is 0 Å². The molecule has 1 unspecified atom stereocenters. The first-order valence-corrected chi connectivity index (χ1v) is 12.8. The molecule has 0 bridgehead atoms. The molecule has 0 saturated carbocycles. The van der Waals surface area contributed by atoms with E-state index in [0.717, 1.165) is 54.1 Å². The summed E-state index contributed by atoms with van der Waals surface area (Å²) < 4.78 is 13.8. The number of ether oxygens (including phenoxy) is 2. The molecule has 0 aliphatic carbocycles. The lowest BCUT2D eigenvalue weighted by Crippen LogP contribution is -2.25. The van der Waals surface area contributed by atoms with Gasteiger partial charge in [-0.25, -0.2) is 4.98 Å². The zero-order valence-electron chi connectivity index (χ0n) is 21.0. The van der Waals surface area contributed by atoms with Crippen LogP contribution in [0.15, 0.2) is 72.8 Å². The SMILES string of the molecule is CCc1ccc(OCCCCn2c(C3CC(=O)N(c4ccccc4OC)C3)nc3ccccc32)cc1. The number of hydrogen-bond donors (Lipinski definition) is 0. The Kier molecular flexibility index (Phi) is 7.21. The number of aromatic nitrogens is 2. The van der Waals surface area contributed by atoms with Crippen LogP contribution in [-0.4, -0.2) is 35.7 Å². The molecule has 1 saturated heterocycles. The summed E-state index contributed by atoms with van der Waals surface area (Å²) in [5, 5.41) is 0. The number of carbonyl (C=O) groups is 1. The van der Waals surface area contributed by atoms with Gasteiger partial charge in [-0.1, -0.05) is 43.3 Å². The predicted octanol–water partition coefficient (Wildman–Crippen LogP) is 5.99. The van der Waals surface area contributed by atoms with E-state index in [4.69, 9.17) is 14.5 Å². The van der Waals surface area contributed by atoms with E-state index in [1.54, 1.807) is 7.11 Å². The molecule has 5 rings (SSSR count).